The SMILES string of the molecule is CC(CCN1CCN(c2ncc(Oc3cc(CN4CCC(CC(O)O)CC4)cc(-c4cc(Cl)cc(Cl)c4)n3)cn2)CC1)S(C)(=O)=O. The summed E-state index contributed by atoms with van der Waals surface area (Å²) in [6.07, 6.45) is 6.16. The number of aromatic nitrogens is 3. The number of ether oxygens (including phenoxy) is 1. The Balaban J connectivity index is 1.25. The number of hydrogen-bond donors (Lipinski definition) is 2. The van der Waals surface area contributed by atoms with Gasteiger partial charge in [-0.3, -0.25) is 9.80 Å². The van der Waals surface area contributed by atoms with Gasteiger partial charge in [-0.05, 0) is 81.6 Å². The van der Waals surface area contributed by atoms with Crippen LogP contribution in [0.1, 0.15) is 38.2 Å². The van der Waals surface area contributed by atoms with E-state index in [4.69, 9.17) is 32.9 Å². The first-order valence-electron chi connectivity index (χ1n) is 15.6. The van der Waals surface area contributed by atoms with E-state index in [9.17, 15) is 18.6 Å². The molecule has 0 saturated carbocycles. The van der Waals surface area contributed by atoms with Gasteiger partial charge in [-0.2, -0.15) is 0 Å². The van der Waals surface area contributed by atoms with Crippen molar-refractivity contribution in [3.05, 3.63) is 58.3 Å². The van der Waals surface area contributed by atoms with Gasteiger partial charge < -0.3 is 19.8 Å². The summed E-state index contributed by atoms with van der Waals surface area (Å²) in [5.74, 6) is 1.78. The van der Waals surface area contributed by atoms with Crippen LogP contribution in [0.25, 0.3) is 11.3 Å². The molecular weight excluding hydrogens is 651 g/mol. The van der Waals surface area contributed by atoms with Crippen molar-refractivity contribution >= 4 is 39.0 Å². The number of nitrogens with zero attached hydrogens (tertiary/aromatic N) is 6. The molecule has 1 aromatic carbocycles. The fourth-order valence-corrected chi connectivity index (χ4v) is 6.94. The Bertz CT molecular complexity index is 1540. The highest BCUT2D eigenvalue weighted by Gasteiger charge is 2.23. The third-order valence-electron chi connectivity index (χ3n) is 8.75. The van der Waals surface area contributed by atoms with E-state index >= 15 is 0 Å². The van der Waals surface area contributed by atoms with Gasteiger partial charge in [-0.1, -0.05) is 23.2 Å². The number of benzene rings is 1. The number of rotatable bonds is 12. The van der Waals surface area contributed by atoms with Crippen LogP contribution in [0.5, 0.6) is 11.6 Å². The van der Waals surface area contributed by atoms with E-state index in [-0.39, 0.29) is 5.25 Å². The lowest BCUT2D eigenvalue weighted by Crippen LogP contribution is -2.47. The van der Waals surface area contributed by atoms with Crippen molar-refractivity contribution in [2.45, 2.75) is 50.7 Å². The van der Waals surface area contributed by atoms with Crippen molar-refractivity contribution < 1.29 is 23.4 Å². The molecule has 0 amide bonds. The zero-order chi connectivity index (χ0) is 32.8. The summed E-state index contributed by atoms with van der Waals surface area (Å²) in [5, 5.41) is 19.4. The van der Waals surface area contributed by atoms with Crippen LogP contribution in [0.4, 0.5) is 5.95 Å². The highest BCUT2D eigenvalue weighted by molar-refractivity contribution is 7.91. The summed E-state index contributed by atoms with van der Waals surface area (Å²) in [4.78, 5) is 20.6. The number of anilines is 1. The lowest BCUT2D eigenvalue weighted by Gasteiger charge is -2.35. The minimum absolute atomic E-state index is 0.305. The molecule has 1 unspecified atom stereocenters. The summed E-state index contributed by atoms with van der Waals surface area (Å²) in [7, 11) is -3.02. The van der Waals surface area contributed by atoms with Crippen molar-refractivity contribution in [3.63, 3.8) is 0 Å². The summed E-state index contributed by atoms with van der Waals surface area (Å²) < 4.78 is 29.7. The highest BCUT2D eigenvalue weighted by atomic mass is 35.5. The maximum Gasteiger partial charge on any atom is 0.225 e. The molecule has 0 bridgehead atoms. The van der Waals surface area contributed by atoms with Gasteiger partial charge in [0.2, 0.25) is 11.8 Å². The van der Waals surface area contributed by atoms with E-state index in [1.165, 1.54) is 6.26 Å². The van der Waals surface area contributed by atoms with Gasteiger partial charge in [0.05, 0.1) is 23.3 Å². The van der Waals surface area contributed by atoms with Crippen LogP contribution in [-0.2, 0) is 16.4 Å². The minimum Gasteiger partial charge on any atom is -0.436 e. The average Bonchev–Trinajstić information content (AvgIpc) is 3.00. The Hall–Kier alpha value is -2.58. The van der Waals surface area contributed by atoms with Gasteiger partial charge in [0.25, 0.3) is 0 Å². The van der Waals surface area contributed by atoms with Crippen LogP contribution in [0.15, 0.2) is 42.7 Å². The number of aliphatic hydroxyl groups is 2. The monoisotopic (exact) mass is 692 g/mol. The number of likely N-dealkylation sites (tertiary alicyclic amines) is 1. The highest BCUT2D eigenvalue weighted by Crippen LogP contribution is 2.31. The standard InChI is InChI=1S/C32H42Cl2N6O5S/c1-22(46(2,43)44)3-6-38-9-11-40(12-10-38)32-35-19-28(20-36-32)45-30-14-24(21-39-7-4-23(5-8-39)15-31(41)42)13-29(37-30)25-16-26(33)18-27(34)17-25/h13-14,16-20,22-23,31,41-42H,3-12,15,21H2,1-2H3. The quantitative estimate of drug-likeness (QED) is 0.260. The van der Waals surface area contributed by atoms with Crippen molar-refractivity contribution in [3.8, 4) is 22.9 Å². The van der Waals surface area contributed by atoms with Crippen LogP contribution < -0.4 is 9.64 Å². The molecule has 11 nitrogen and oxygen atoms in total. The van der Waals surface area contributed by atoms with Crippen molar-refractivity contribution in [1.29, 1.82) is 0 Å². The lowest BCUT2D eigenvalue weighted by atomic mass is 9.93. The second-order valence-corrected chi connectivity index (χ2v) is 15.7. The molecular formula is C32H42Cl2N6O5S. The molecule has 0 radical (unpaired) electrons. The molecule has 46 heavy (non-hydrogen) atoms. The lowest BCUT2D eigenvalue weighted by molar-refractivity contribution is -0.0611. The van der Waals surface area contributed by atoms with Crippen LogP contribution in [-0.4, -0.2) is 107 Å². The maximum absolute atomic E-state index is 11.7. The smallest absolute Gasteiger partial charge is 0.225 e. The van der Waals surface area contributed by atoms with Crippen molar-refractivity contribution in [2.75, 3.05) is 57.0 Å². The van der Waals surface area contributed by atoms with Gasteiger partial charge in [-0.15, -0.1) is 0 Å². The summed E-state index contributed by atoms with van der Waals surface area (Å²) in [6.45, 7) is 8.04. The van der Waals surface area contributed by atoms with E-state index in [0.29, 0.717) is 58.6 Å². The second kappa shape index (κ2) is 15.5. The average molecular weight is 694 g/mol. The van der Waals surface area contributed by atoms with Gasteiger partial charge in [0.15, 0.2) is 12.0 Å². The first-order valence-corrected chi connectivity index (χ1v) is 18.3. The molecule has 0 spiro atoms. The molecule has 4 heterocycles. The first-order chi connectivity index (χ1) is 21.9. The number of halogens is 2. The normalized spacial score (nSPS) is 17.8. The summed E-state index contributed by atoms with van der Waals surface area (Å²) in [5.41, 5.74) is 2.46. The number of piperidine rings is 1. The number of sulfone groups is 1. The molecule has 5 rings (SSSR count). The summed E-state index contributed by atoms with van der Waals surface area (Å²) in [6, 6.07) is 9.24. The first kappa shape index (κ1) is 34.7. The number of aliphatic hydroxyl groups excluding tert-OH is 1. The molecule has 2 aliphatic heterocycles. The van der Waals surface area contributed by atoms with E-state index < -0.39 is 16.1 Å². The second-order valence-electron chi connectivity index (χ2n) is 12.4. The van der Waals surface area contributed by atoms with E-state index in [1.807, 2.05) is 24.3 Å². The van der Waals surface area contributed by atoms with Gasteiger partial charge in [0.1, 0.15) is 9.84 Å². The number of hydrogen-bond acceptors (Lipinski definition) is 11. The van der Waals surface area contributed by atoms with Crippen LogP contribution in [0.2, 0.25) is 10.0 Å². The maximum atomic E-state index is 11.7. The Morgan fingerprint density at radius 3 is 2.20 bits per heavy atom. The Morgan fingerprint density at radius 2 is 1.59 bits per heavy atom. The van der Waals surface area contributed by atoms with Gasteiger partial charge in [0, 0.05) is 67.1 Å². The van der Waals surface area contributed by atoms with Gasteiger partial charge in [-0.25, -0.2) is 23.4 Å². The van der Waals surface area contributed by atoms with Crippen molar-refractivity contribution in [1.82, 2.24) is 24.8 Å². The predicted molar refractivity (Wildman–Crippen MR) is 180 cm³/mol. The van der Waals surface area contributed by atoms with Crippen molar-refractivity contribution in [2.24, 2.45) is 5.92 Å². The van der Waals surface area contributed by atoms with Gasteiger partial charge >= 0.3 is 0 Å². The Kier molecular flexibility index (Phi) is 11.7. The number of piperazine rings is 1. The molecule has 2 N–H and O–H groups in total. The van der Waals surface area contributed by atoms with Crippen LogP contribution in [0.3, 0.4) is 0 Å². The third kappa shape index (κ3) is 9.96. The van der Waals surface area contributed by atoms with Crippen LogP contribution in [0, 0.1) is 5.92 Å². The Labute approximate surface area is 281 Å². The third-order valence-corrected chi connectivity index (χ3v) is 10.9. The zero-order valence-electron chi connectivity index (χ0n) is 26.2. The molecule has 2 aliphatic rings. The topological polar surface area (TPSA) is 132 Å². The van der Waals surface area contributed by atoms with E-state index in [2.05, 4.69) is 24.7 Å². The Morgan fingerprint density at radius 1 is 0.935 bits per heavy atom. The van der Waals surface area contributed by atoms with Crippen LogP contribution >= 0.6 is 23.2 Å². The molecule has 0 aliphatic carbocycles. The molecule has 14 heteroatoms. The zero-order valence-corrected chi connectivity index (χ0v) is 28.6. The number of pyridine rings is 1. The summed E-state index contributed by atoms with van der Waals surface area (Å²) >= 11 is 12.6. The fourth-order valence-electron chi connectivity index (χ4n) is 5.88. The molecule has 2 aromatic heterocycles. The largest absolute Gasteiger partial charge is 0.436 e. The molecule has 2 fully saturated rings. The molecule has 3 aromatic rings. The molecule has 1 atom stereocenters. The fraction of sp³-hybridized carbons (Fsp3) is 0.531. The minimum atomic E-state index is -3.02. The van der Waals surface area contributed by atoms with E-state index in [0.717, 1.165) is 69.8 Å². The van der Waals surface area contributed by atoms with E-state index in [1.54, 1.807) is 25.4 Å². The molecule has 250 valence electrons. The molecule has 2 saturated heterocycles. The predicted octanol–water partition coefficient (Wildman–Crippen LogP) is 4.50.